The van der Waals surface area contributed by atoms with Crippen molar-refractivity contribution in [2.75, 3.05) is 16.4 Å². The number of anilines is 3. The highest BCUT2D eigenvalue weighted by molar-refractivity contribution is 6.02. The largest absolute Gasteiger partial charge is 0.400 e. The number of fused-ring (bicyclic) bond motifs is 1. The minimum Gasteiger partial charge on any atom is -0.383 e. The van der Waals surface area contributed by atoms with Gasteiger partial charge >= 0.3 is 12.2 Å². The van der Waals surface area contributed by atoms with Gasteiger partial charge in [0.2, 0.25) is 5.88 Å². The third-order valence-electron chi connectivity index (χ3n) is 6.59. The van der Waals surface area contributed by atoms with Crippen LogP contribution in [0.15, 0.2) is 65.8 Å². The van der Waals surface area contributed by atoms with Gasteiger partial charge in [0.05, 0.1) is 23.0 Å². The number of alkyl halides is 3. The first-order valence-corrected chi connectivity index (χ1v) is 11.6. The van der Waals surface area contributed by atoms with Crippen LogP contribution in [-0.2, 0) is 5.41 Å². The van der Waals surface area contributed by atoms with Crippen LogP contribution in [0.3, 0.4) is 0 Å². The van der Waals surface area contributed by atoms with Gasteiger partial charge in [-0.1, -0.05) is 11.2 Å². The molecule has 1 aliphatic carbocycles. The number of carbonyl (C=O) groups is 1. The molecule has 4 heterocycles. The molecule has 4 aromatic heterocycles. The third kappa shape index (κ3) is 4.19. The highest BCUT2D eigenvalue weighted by Gasteiger charge is 2.66. The predicted octanol–water partition coefficient (Wildman–Crippen LogP) is 5.43. The van der Waals surface area contributed by atoms with Crippen molar-refractivity contribution >= 4 is 34.5 Å². The number of benzene rings is 1. The van der Waals surface area contributed by atoms with E-state index in [1.54, 1.807) is 35.3 Å². The van der Waals surface area contributed by atoms with E-state index in [4.69, 9.17) is 10.3 Å². The zero-order chi connectivity index (χ0) is 27.4. The Morgan fingerprint density at radius 1 is 1.13 bits per heavy atom. The van der Waals surface area contributed by atoms with Crippen LogP contribution < -0.4 is 16.4 Å². The molecular formula is C25H18F4N8O2. The van der Waals surface area contributed by atoms with Gasteiger partial charge in [-0.15, -0.1) is 0 Å². The van der Waals surface area contributed by atoms with Gasteiger partial charge in [-0.05, 0) is 42.7 Å². The molecule has 1 saturated carbocycles. The van der Waals surface area contributed by atoms with Crippen molar-refractivity contribution < 1.29 is 26.9 Å². The molecule has 1 aliphatic rings. The number of urea groups is 1. The van der Waals surface area contributed by atoms with Gasteiger partial charge in [-0.25, -0.2) is 19.2 Å². The lowest BCUT2D eigenvalue weighted by Gasteiger charge is -2.15. The van der Waals surface area contributed by atoms with Crippen molar-refractivity contribution in [2.45, 2.75) is 24.4 Å². The first-order chi connectivity index (χ1) is 18.7. The van der Waals surface area contributed by atoms with E-state index in [9.17, 15) is 18.0 Å². The maximum Gasteiger partial charge on any atom is 0.400 e. The van der Waals surface area contributed by atoms with Crippen LogP contribution >= 0.6 is 0 Å². The van der Waals surface area contributed by atoms with Gasteiger partial charge in [0.25, 0.3) is 0 Å². The Kier molecular flexibility index (Phi) is 5.48. The van der Waals surface area contributed by atoms with Crippen molar-refractivity contribution in [2.24, 2.45) is 0 Å². The summed E-state index contributed by atoms with van der Waals surface area (Å²) in [6.45, 7) is 0. The molecule has 0 bridgehead atoms. The van der Waals surface area contributed by atoms with E-state index in [0.29, 0.717) is 27.8 Å². The van der Waals surface area contributed by atoms with Crippen molar-refractivity contribution in [3.05, 3.63) is 72.8 Å². The van der Waals surface area contributed by atoms with Gasteiger partial charge in [0.1, 0.15) is 29.1 Å². The molecule has 0 atom stereocenters. The number of nitrogen functional groups attached to an aromatic ring is 1. The smallest absolute Gasteiger partial charge is 0.383 e. The Hall–Kier alpha value is -5.01. The van der Waals surface area contributed by atoms with Crippen LogP contribution in [-0.4, -0.2) is 36.9 Å². The highest BCUT2D eigenvalue weighted by Crippen LogP contribution is 2.58. The summed E-state index contributed by atoms with van der Waals surface area (Å²) in [7, 11) is 0. The van der Waals surface area contributed by atoms with Crippen LogP contribution in [0.25, 0.3) is 27.8 Å². The summed E-state index contributed by atoms with van der Waals surface area (Å²) < 4.78 is 61.6. The molecule has 0 radical (unpaired) electrons. The SMILES string of the molecule is Nc1ncnc2c1c(-c1ccc(NC(=O)Nc3cc(C4(C(F)(F)F)CC4)no3)c(F)c1)cn2-c1cccnc1. The van der Waals surface area contributed by atoms with Gasteiger partial charge in [0, 0.05) is 24.0 Å². The number of carbonyl (C=O) groups excluding carboxylic acids is 1. The Labute approximate surface area is 216 Å². The molecule has 2 amide bonds. The third-order valence-corrected chi connectivity index (χ3v) is 6.59. The van der Waals surface area contributed by atoms with Gasteiger partial charge < -0.3 is 15.6 Å². The molecule has 4 N–H and O–H groups in total. The number of nitrogens with zero attached hydrogens (tertiary/aromatic N) is 5. The second kappa shape index (κ2) is 8.79. The maximum absolute atomic E-state index is 15.1. The monoisotopic (exact) mass is 538 g/mol. The average molecular weight is 538 g/mol. The predicted molar refractivity (Wildman–Crippen MR) is 133 cm³/mol. The molecule has 1 fully saturated rings. The van der Waals surface area contributed by atoms with Crippen molar-refractivity contribution in [3.63, 3.8) is 0 Å². The number of aromatic nitrogens is 5. The Morgan fingerprint density at radius 3 is 2.64 bits per heavy atom. The fraction of sp³-hybridized carbons (Fsp3) is 0.160. The molecule has 198 valence electrons. The molecule has 0 saturated heterocycles. The number of pyridine rings is 1. The summed E-state index contributed by atoms with van der Waals surface area (Å²) in [5.74, 6) is -0.870. The number of nitrogens with two attached hydrogens (primary N) is 1. The zero-order valence-electron chi connectivity index (χ0n) is 19.8. The fourth-order valence-electron chi connectivity index (χ4n) is 4.42. The van der Waals surface area contributed by atoms with Crippen LogP contribution in [0.4, 0.5) is 39.7 Å². The molecule has 0 aliphatic heterocycles. The molecule has 1 aromatic carbocycles. The Bertz CT molecular complexity index is 1710. The lowest BCUT2D eigenvalue weighted by atomic mass is 10.0. The molecular weight excluding hydrogens is 520 g/mol. The molecule has 6 rings (SSSR count). The Balaban J connectivity index is 1.24. The fourth-order valence-corrected chi connectivity index (χ4v) is 4.42. The number of hydrogen-bond donors (Lipinski definition) is 3. The number of rotatable bonds is 5. The quantitative estimate of drug-likeness (QED) is 0.254. The van der Waals surface area contributed by atoms with Crippen LogP contribution in [0.1, 0.15) is 18.5 Å². The highest BCUT2D eigenvalue weighted by atomic mass is 19.4. The number of nitrogens with one attached hydrogen (secondary N) is 2. The van der Waals surface area contributed by atoms with Crippen molar-refractivity contribution in [1.82, 2.24) is 24.7 Å². The second-order valence-electron chi connectivity index (χ2n) is 9.01. The van der Waals surface area contributed by atoms with E-state index in [1.807, 2.05) is 6.07 Å². The minimum atomic E-state index is -4.48. The van der Waals surface area contributed by atoms with E-state index >= 15 is 4.39 Å². The first kappa shape index (κ1) is 24.3. The minimum absolute atomic E-state index is 0.106. The van der Waals surface area contributed by atoms with Gasteiger partial charge in [-0.2, -0.15) is 13.2 Å². The molecule has 5 aromatic rings. The normalized spacial score (nSPS) is 14.4. The summed E-state index contributed by atoms with van der Waals surface area (Å²) in [5, 5.41) is 8.51. The summed E-state index contributed by atoms with van der Waals surface area (Å²) in [6.07, 6.45) is 1.64. The summed E-state index contributed by atoms with van der Waals surface area (Å²) in [6, 6.07) is 7.79. The van der Waals surface area contributed by atoms with Gasteiger partial charge in [0.15, 0.2) is 5.65 Å². The molecule has 39 heavy (non-hydrogen) atoms. The lowest BCUT2D eigenvalue weighted by Crippen LogP contribution is -2.28. The van der Waals surface area contributed by atoms with Crippen LogP contribution in [0, 0.1) is 5.82 Å². The number of amides is 2. The molecule has 0 spiro atoms. The topological polar surface area (TPSA) is 137 Å². The standard InChI is InChI=1S/C25H18F4N8O2/c26-16-8-13(15-11-37(14-2-1-7-31-10-14)22-20(15)21(30)32-12-33-22)3-4-17(16)34-23(38)35-19-9-18(36-39-19)24(5-6-24)25(27,28)29/h1-4,7-12H,5-6H2,(H2,30,32,33)(H2,34,35,38). The van der Waals surface area contributed by atoms with Crippen LogP contribution in [0.5, 0.6) is 0 Å². The first-order valence-electron chi connectivity index (χ1n) is 11.6. The number of halogens is 4. The summed E-state index contributed by atoms with van der Waals surface area (Å²) >= 11 is 0. The molecule has 14 heteroatoms. The lowest BCUT2D eigenvalue weighted by molar-refractivity contribution is -0.161. The van der Waals surface area contributed by atoms with E-state index < -0.39 is 23.4 Å². The number of hydrogen-bond acceptors (Lipinski definition) is 7. The molecule has 10 nitrogen and oxygen atoms in total. The van der Waals surface area contributed by atoms with E-state index in [-0.39, 0.29) is 35.9 Å². The summed E-state index contributed by atoms with van der Waals surface area (Å²) in [4.78, 5) is 24.9. The van der Waals surface area contributed by atoms with Crippen molar-refractivity contribution in [3.8, 4) is 16.8 Å². The van der Waals surface area contributed by atoms with Crippen molar-refractivity contribution in [1.29, 1.82) is 0 Å². The van der Waals surface area contributed by atoms with Crippen LogP contribution in [0.2, 0.25) is 0 Å². The zero-order valence-corrected chi connectivity index (χ0v) is 19.8. The summed E-state index contributed by atoms with van der Waals surface area (Å²) in [5.41, 5.74) is 5.79. The second-order valence-corrected chi connectivity index (χ2v) is 9.01. The Morgan fingerprint density at radius 2 is 1.95 bits per heavy atom. The van der Waals surface area contributed by atoms with E-state index in [2.05, 4.69) is 30.7 Å². The maximum atomic E-state index is 15.1. The van der Waals surface area contributed by atoms with Gasteiger partial charge in [-0.3, -0.25) is 14.9 Å². The van der Waals surface area contributed by atoms with E-state index in [1.165, 1.54) is 18.5 Å². The van der Waals surface area contributed by atoms with E-state index in [0.717, 1.165) is 6.07 Å². The molecule has 0 unspecified atom stereocenters. The average Bonchev–Trinajstić information content (AvgIpc) is 3.45.